The summed E-state index contributed by atoms with van der Waals surface area (Å²) in [5.41, 5.74) is 3.33. The Morgan fingerprint density at radius 3 is 2.23 bits per heavy atom. The second kappa shape index (κ2) is 13.5. The van der Waals surface area contributed by atoms with E-state index >= 15 is 0 Å². The fourth-order valence-corrected chi connectivity index (χ4v) is 4.82. The highest BCUT2D eigenvalue weighted by atomic mass is 35.5. The first kappa shape index (κ1) is 27.0. The Balaban J connectivity index is 1.41. The van der Waals surface area contributed by atoms with Gasteiger partial charge in [0.1, 0.15) is 0 Å². The maximum Gasteiger partial charge on any atom is 0.508 e. The number of rotatable bonds is 10. The average molecular weight is 501 g/mol. The smallest absolute Gasteiger partial charge is 0.435 e. The molecule has 190 valence electrons. The van der Waals surface area contributed by atoms with E-state index in [-0.39, 0.29) is 11.9 Å². The van der Waals surface area contributed by atoms with E-state index in [2.05, 4.69) is 36.2 Å². The molecule has 0 saturated heterocycles. The summed E-state index contributed by atoms with van der Waals surface area (Å²) in [6.45, 7) is 4.15. The van der Waals surface area contributed by atoms with Crippen LogP contribution in [0.1, 0.15) is 66.4 Å². The van der Waals surface area contributed by atoms with Crippen LogP contribution in [0.3, 0.4) is 0 Å². The van der Waals surface area contributed by atoms with Gasteiger partial charge in [0.05, 0.1) is 13.2 Å². The largest absolute Gasteiger partial charge is 0.508 e. The van der Waals surface area contributed by atoms with Crippen molar-refractivity contribution in [2.24, 2.45) is 0 Å². The molecular weight excluding hydrogens is 464 g/mol. The Labute approximate surface area is 214 Å². The van der Waals surface area contributed by atoms with E-state index in [1.54, 1.807) is 31.2 Å². The zero-order chi connectivity index (χ0) is 25.2. The van der Waals surface area contributed by atoms with Gasteiger partial charge in [-0.05, 0) is 87.4 Å². The third kappa shape index (κ3) is 8.25. The van der Waals surface area contributed by atoms with Crippen molar-refractivity contribution in [3.63, 3.8) is 0 Å². The van der Waals surface area contributed by atoms with Gasteiger partial charge < -0.3 is 19.3 Å². The highest BCUT2D eigenvalue weighted by molar-refractivity contribution is 6.30. The van der Waals surface area contributed by atoms with Crippen LogP contribution in [0, 0.1) is 0 Å². The van der Waals surface area contributed by atoms with Gasteiger partial charge in [0.2, 0.25) is 0 Å². The molecule has 1 saturated carbocycles. The predicted octanol–water partition coefficient (Wildman–Crippen LogP) is 6.13. The molecule has 0 radical (unpaired) electrons. The van der Waals surface area contributed by atoms with Crippen LogP contribution in [-0.2, 0) is 16.0 Å². The first-order chi connectivity index (χ1) is 16.9. The molecule has 1 fully saturated rings. The first-order valence-electron chi connectivity index (χ1n) is 12.5. The topological polar surface area (TPSA) is 59.1 Å². The fraction of sp³-hybridized carbons (Fsp3) is 0.500. The summed E-state index contributed by atoms with van der Waals surface area (Å²) in [5, 5.41) is 0.642. The molecule has 1 aliphatic rings. The van der Waals surface area contributed by atoms with E-state index in [9.17, 15) is 9.59 Å². The third-order valence-electron chi connectivity index (χ3n) is 6.73. The lowest BCUT2D eigenvalue weighted by molar-refractivity contribution is 0.0564. The number of amides is 1. The summed E-state index contributed by atoms with van der Waals surface area (Å²) in [5.74, 6) is 0.600. The van der Waals surface area contributed by atoms with Crippen molar-refractivity contribution >= 4 is 23.7 Å². The van der Waals surface area contributed by atoms with Crippen LogP contribution in [0.15, 0.2) is 48.5 Å². The number of halogens is 1. The minimum atomic E-state index is -0.598. The molecule has 0 aliphatic heterocycles. The number of ether oxygens (including phenoxy) is 2. The van der Waals surface area contributed by atoms with Crippen molar-refractivity contribution in [1.82, 2.24) is 9.80 Å². The predicted molar refractivity (Wildman–Crippen MR) is 139 cm³/mol. The summed E-state index contributed by atoms with van der Waals surface area (Å²) in [4.78, 5) is 28.2. The highest BCUT2D eigenvalue weighted by Gasteiger charge is 2.27. The Bertz CT molecular complexity index is 940. The fourth-order valence-electron chi connectivity index (χ4n) is 4.69. The summed E-state index contributed by atoms with van der Waals surface area (Å²) < 4.78 is 9.77. The van der Waals surface area contributed by atoms with Crippen LogP contribution in [0.2, 0.25) is 5.02 Å². The zero-order valence-electron chi connectivity index (χ0n) is 21.0. The van der Waals surface area contributed by atoms with Crippen molar-refractivity contribution in [2.45, 2.75) is 57.5 Å². The molecule has 0 atom stereocenters. The summed E-state index contributed by atoms with van der Waals surface area (Å²) in [6, 6.07) is 16.3. The lowest BCUT2D eigenvalue weighted by Gasteiger charge is -2.35. The summed E-state index contributed by atoms with van der Waals surface area (Å²) in [7, 11) is 3.98. The molecule has 0 unspecified atom stereocenters. The van der Waals surface area contributed by atoms with Gasteiger partial charge in [-0.25, -0.2) is 4.79 Å². The molecule has 1 amide bonds. The van der Waals surface area contributed by atoms with Crippen molar-refractivity contribution in [3.8, 4) is 0 Å². The molecule has 2 aromatic rings. The number of carbonyl (C=O) groups is 2. The van der Waals surface area contributed by atoms with Crippen LogP contribution < -0.4 is 0 Å². The molecule has 0 N–H and O–H groups in total. The summed E-state index contributed by atoms with van der Waals surface area (Å²) in [6.07, 6.45) is 4.37. The molecule has 0 aromatic heterocycles. The lowest BCUT2D eigenvalue weighted by Crippen LogP contribution is -2.39. The van der Waals surface area contributed by atoms with Gasteiger partial charge in [-0.15, -0.1) is 0 Å². The van der Waals surface area contributed by atoms with Crippen LogP contribution in [0.25, 0.3) is 0 Å². The SMILES string of the molecule is CCOC(=O)OCCCN(C)Cc1ccc(C2CCC(N(C)C(=O)c3ccc(Cl)cc3)CC2)cc1. The van der Waals surface area contributed by atoms with Gasteiger partial charge in [-0.3, -0.25) is 4.79 Å². The van der Waals surface area contributed by atoms with E-state index in [0.29, 0.717) is 29.7 Å². The highest BCUT2D eigenvalue weighted by Crippen LogP contribution is 2.35. The molecule has 0 bridgehead atoms. The number of carbonyl (C=O) groups excluding carboxylic acids is 2. The summed E-state index contributed by atoms with van der Waals surface area (Å²) >= 11 is 5.95. The Kier molecular flexibility index (Phi) is 10.4. The zero-order valence-corrected chi connectivity index (χ0v) is 21.8. The Morgan fingerprint density at radius 2 is 1.60 bits per heavy atom. The van der Waals surface area contributed by atoms with Crippen LogP contribution in [-0.4, -0.2) is 61.8 Å². The minimum absolute atomic E-state index is 0.0612. The molecule has 7 heteroatoms. The first-order valence-corrected chi connectivity index (χ1v) is 12.8. The van der Waals surface area contributed by atoms with Gasteiger partial charge in [0.25, 0.3) is 5.91 Å². The molecule has 35 heavy (non-hydrogen) atoms. The standard InChI is InChI=1S/C28H37ClN2O4/c1-4-34-28(33)35-19-5-18-30(2)20-21-6-8-22(9-7-21)23-12-16-26(17-13-23)31(3)27(32)24-10-14-25(29)15-11-24/h6-11,14-15,23,26H,4-5,12-13,16-20H2,1-3H3. The third-order valence-corrected chi connectivity index (χ3v) is 6.98. The second-order valence-corrected chi connectivity index (χ2v) is 9.73. The molecule has 2 aromatic carbocycles. The van der Waals surface area contributed by atoms with Crippen molar-refractivity contribution in [3.05, 3.63) is 70.2 Å². The maximum absolute atomic E-state index is 12.8. The molecule has 0 spiro atoms. The van der Waals surface area contributed by atoms with Crippen molar-refractivity contribution in [1.29, 1.82) is 0 Å². The van der Waals surface area contributed by atoms with Gasteiger partial charge in [0, 0.05) is 36.8 Å². The Morgan fingerprint density at radius 1 is 0.943 bits per heavy atom. The minimum Gasteiger partial charge on any atom is -0.435 e. The van der Waals surface area contributed by atoms with E-state index in [4.69, 9.17) is 21.1 Å². The molecular formula is C28H37ClN2O4. The van der Waals surface area contributed by atoms with Gasteiger partial charge in [-0.2, -0.15) is 0 Å². The maximum atomic E-state index is 12.8. The number of hydrogen-bond donors (Lipinski definition) is 0. The molecule has 1 aliphatic carbocycles. The average Bonchev–Trinajstić information content (AvgIpc) is 2.87. The van der Waals surface area contributed by atoms with Crippen molar-refractivity contribution < 1.29 is 19.1 Å². The van der Waals surface area contributed by atoms with Crippen LogP contribution >= 0.6 is 11.6 Å². The number of hydrogen-bond acceptors (Lipinski definition) is 5. The normalized spacial score (nSPS) is 17.7. The quantitative estimate of drug-likeness (QED) is 0.290. The van der Waals surface area contributed by atoms with Gasteiger partial charge >= 0.3 is 6.16 Å². The number of benzene rings is 2. The van der Waals surface area contributed by atoms with E-state index in [0.717, 1.165) is 45.2 Å². The van der Waals surface area contributed by atoms with E-state index < -0.39 is 6.16 Å². The monoisotopic (exact) mass is 500 g/mol. The van der Waals surface area contributed by atoms with E-state index in [1.807, 2.05) is 11.9 Å². The lowest BCUT2D eigenvalue weighted by atomic mass is 9.81. The molecule has 3 rings (SSSR count). The molecule has 0 heterocycles. The second-order valence-electron chi connectivity index (χ2n) is 9.29. The van der Waals surface area contributed by atoms with E-state index in [1.165, 1.54) is 11.1 Å². The Hall–Kier alpha value is -2.57. The van der Waals surface area contributed by atoms with Gasteiger partial charge in [-0.1, -0.05) is 35.9 Å². The van der Waals surface area contributed by atoms with Crippen LogP contribution in [0.5, 0.6) is 0 Å². The van der Waals surface area contributed by atoms with Crippen molar-refractivity contribution in [2.75, 3.05) is 33.9 Å². The number of nitrogens with zero attached hydrogens (tertiary/aromatic N) is 2. The molecule has 6 nitrogen and oxygen atoms in total. The van der Waals surface area contributed by atoms with Gasteiger partial charge in [0.15, 0.2) is 0 Å². The van der Waals surface area contributed by atoms with Crippen LogP contribution in [0.4, 0.5) is 4.79 Å².